The summed E-state index contributed by atoms with van der Waals surface area (Å²) >= 11 is 5.26. The fraction of sp³-hybridized carbons (Fsp3) is 0. The molecule has 0 unspecified atom stereocenters. The largest absolute Gasteiger partial charge is 0.478 e. The first-order valence-corrected chi connectivity index (χ1v) is 7.65. The van der Waals surface area contributed by atoms with E-state index in [0.717, 1.165) is 3.57 Å². The minimum atomic E-state index is -1.10. The number of nitrogen functional groups attached to an aromatic ring is 1. The van der Waals surface area contributed by atoms with Crippen LogP contribution in [0, 0.1) is 3.57 Å². The summed E-state index contributed by atoms with van der Waals surface area (Å²) < 4.78 is 1.47. The molecule has 108 valence electrons. The zero-order valence-electron chi connectivity index (χ0n) is 10.6. The summed E-state index contributed by atoms with van der Waals surface area (Å²) in [6.45, 7) is 0. The molecule has 5 nitrogen and oxygen atoms in total. The maximum absolute atomic E-state index is 12.2. The normalized spacial score (nSPS) is 10.2. The first kappa shape index (κ1) is 15.8. The molecule has 0 bridgehead atoms. The standard InChI is InChI=1S/C14H10BrIN2O3/c15-10-3-1-7(5-11(10)17)13(19)18-12-4-2-8(16)6-9(12)14(20)21/h1-6H,17H2,(H,18,19)(H,20,21). The number of anilines is 2. The molecule has 0 spiro atoms. The number of hydrogen-bond donors (Lipinski definition) is 3. The van der Waals surface area contributed by atoms with Gasteiger partial charge in [0.2, 0.25) is 0 Å². The third-order valence-electron chi connectivity index (χ3n) is 2.72. The number of nitrogens with one attached hydrogen (secondary N) is 1. The van der Waals surface area contributed by atoms with Crippen molar-refractivity contribution in [1.29, 1.82) is 0 Å². The van der Waals surface area contributed by atoms with Crippen LogP contribution in [-0.4, -0.2) is 17.0 Å². The highest BCUT2D eigenvalue weighted by atomic mass is 127. The Labute approximate surface area is 142 Å². The van der Waals surface area contributed by atoms with E-state index in [4.69, 9.17) is 5.73 Å². The van der Waals surface area contributed by atoms with E-state index in [1.54, 1.807) is 24.3 Å². The molecular weight excluding hydrogens is 451 g/mol. The van der Waals surface area contributed by atoms with Gasteiger partial charge >= 0.3 is 5.97 Å². The minimum Gasteiger partial charge on any atom is -0.478 e. The summed E-state index contributed by atoms with van der Waals surface area (Å²) in [4.78, 5) is 23.4. The van der Waals surface area contributed by atoms with Crippen LogP contribution in [0.1, 0.15) is 20.7 Å². The predicted molar refractivity (Wildman–Crippen MR) is 92.6 cm³/mol. The van der Waals surface area contributed by atoms with Crippen LogP contribution in [0.15, 0.2) is 40.9 Å². The van der Waals surface area contributed by atoms with E-state index in [1.807, 2.05) is 22.6 Å². The molecule has 0 fully saturated rings. The van der Waals surface area contributed by atoms with Gasteiger partial charge in [0.05, 0.1) is 11.3 Å². The fourth-order valence-electron chi connectivity index (χ4n) is 1.68. The second-order valence-corrected chi connectivity index (χ2v) is 6.29. The number of halogens is 2. The topological polar surface area (TPSA) is 92.4 Å². The lowest BCUT2D eigenvalue weighted by atomic mass is 10.1. The van der Waals surface area contributed by atoms with Crippen molar-refractivity contribution in [2.24, 2.45) is 0 Å². The van der Waals surface area contributed by atoms with Gasteiger partial charge in [-0.1, -0.05) is 0 Å². The Morgan fingerprint density at radius 1 is 1.19 bits per heavy atom. The van der Waals surface area contributed by atoms with Gasteiger partial charge in [0.25, 0.3) is 5.91 Å². The molecule has 0 saturated carbocycles. The number of carboxylic acid groups (broad SMARTS) is 1. The highest BCUT2D eigenvalue weighted by Crippen LogP contribution is 2.23. The van der Waals surface area contributed by atoms with Gasteiger partial charge in [-0.25, -0.2) is 4.79 Å². The van der Waals surface area contributed by atoms with E-state index < -0.39 is 11.9 Å². The van der Waals surface area contributed by atoms with Crippen LogP contribution in [0.3, 0.4) is 0 Å². The molecule has 0 radical (unpaired) electrons. The molecule has 7 heteroatoms. The maximum Gasteiger partial charge on any atom is 0.337 e. The van der Waals surface area contributed by atoms with Crippen molar-refractivity contribution in [2.45, 2.75) is 0 Å². The number of carbonyl (C=O) groups is 2. The van der Waals surface area contributed by atoms with Gasteiger partial charge in [0.1, 0.15) is 0 Å². The molecule has 2 aromatic carbocycles. The van der Waals surface area contributed by atoms with Crippen molar-refractivity contribution in [3.63, 3.8) is 0 Å². The van der Waals surface area contributed by atoms with Gasteiger partial charge < -0.3 is 16.2 Å². The molecule has 0 atom stereocenters. The quantitative estimate of drug-likeness (QED) is 0.482. The third-order valence-corrected chi connectivity index (χ3v) is 4.11. The van der Waals surface area contributed by atoms with E-state index in [-0.39, 0.29) is 11.3 Å². The molecule has 4 N–H and O–H groups in total. The Hall–Kier alpha value is -1.61. The second-order valence-electron chi connectivity index (χ2n) is 4.19. The average molecular weight is 461 g/mol. The van der Waals surface area contributed by atoms with Crippen LogP contribution in [0.5, 0.6) is 0 Å². The Kier molecular flexibility index (Phi) is 4.84. The van der Waals surface area contributed by atoms with Crippen LogP contribution in [0.2, 0.25) is 0 Å². The SMILES string of the molecule is Nc1cc(C(=O)Nc2ccc(I)cc2C(=O)O)ccc1Br. The lowest BCUT2D eigenvalue weighted by Crippen LogP contribution is -2.15. The van der Waals surface area contributed by atoms with Crippen molar-refractivity contribution in [1.82, 2.24) is 0 Å². The molecule has 0 heterocycles. The zero-order chi connectivity index (χ0) is 15.6. The van der Waals surface area contributed by atoms with Crippen molar-refractivity contribution in [2.75, 3.05) is 11.1 Å². The predicted octanol–water partition coefficient (Wildman–Crippen LogP) is 3.59. The van der Waals surface area contributed by atoms with Crippen molar-refractivity contribution in [3.8, 4) is 0 Å². The lowest BCUT2D eigenvalue weighted by Gasteiger charge is -2.09. The maximum atomic E-state index is 12.2. The molecule has 2 aromatic rings. The second kappa shape index (κ2) is 6.44. The van der Waals surface area contributed by atoms with E-state index >= 15 is 0 Å². The van der Waals surface area contributed by atoms with Crippen molar-refractivity contribution in [3.05, 3.63) is 55.6 Å². The average Bonchev–Trinajstić information content (AvgIpc) is 2.43. The molecule has 0 aliphatic heterocycles. The molecular formula is C14H10BrIN2O3. The van der Waals surface area contributed by atoms with Gasteiger partial charge in [-0.15, -0.1) is 0 Å². The fourth-order valence-corrected chi connectivity index (χ4v) is 2.42. The molecule has 0 saturated heterocycles. The van der Waals surface area contributed by atoms with E-state index in [9.17, 15) is 14.7 Å². The summed E-state index contributed by atoms with van der Waals surface area (Å²) in [5.41, 5.74) is 6.80. The number of benzene rings is 2. The highest BCUT2D eigenvalue weighted by Gasteiger charge is 2.14. The van der Waals surface area contributed by atoms with Crippen LogP contribution in [-0.2, 0) is 0 Å². The number of aromatic carboxylic acids is 1. The smallest absolute Gasteiger partial charge is 0.337 e. The van der Waals surface area contributed by atoms with Crippen molar-refractivity contribution >= 4 is 61.8 Å². The van der Waals surface area contributed by atoms with Gasteiger partial charge in [-0.2, -0.15) is 0 Å². The van der Waals surface area contributed by atoms with Gasteiger partial charge in [-0.3, -0.25) is 4.79 Å². The summed E-state index contributed by atoms with van der Waals surface area (Å²) in [7, 11) is 0. The van der Waals surface area contributed by atoms with Crippen molar-refractivity contribution < 1.29 is 14.7 Å². The number of carboxylic acids is 1. The summed E-state index contributed by atoms with van der Waals surface area (Å²) in [5.74, 6) is -1.52. The van der Waals surface area contributed by atoms with Crippen LogP contribution in [0.4, 0.5) is 11.4 Å². The summed E-state index contributed by atoms with van der Waals surface area (Å²) in [5, 5.41) is 11.8. The third kappa shape index (κ3) is 3.73. The first-order chi connectivity index (χ1) is 9.88. The Morgan fingerprint density at radius 3 is 2.52 bits per heavy atom. The van der Waals surface area contributed by atoms with Crippen LogP contribution in [0.25, 0.3) is 0 Å². The number of amides is 1. The van der Waals surface area contributed by atoms with Gasteiger partial charge in [0, 0.05) is 19.3 Å². The number of rotatable bonds is 3. The lowest BCUT2D eigenvalue weighted by molar-refractivity contribution is 0.0698. The zero-order valence-corrected chi connectivity index (χ0v) is 14.3. The molecule has 0 aliphatic rings. The summed E-state index contributed by atoms with van der Waals surface area (Å²) in [6.07, 6.45) is 0. The van der Waals surface area contributed by atoms with E-state index in [0.29, 0.717) is 15.7 Å². The number of carbonyl (C=O) groups excluding carboxylic acids is 1. The number of nitrogens with two attached hydrogens (primary N) is 1. The molecule has 0 aromatic heterocycles. The molecule has 1 amide bonds. The highest BCUT2D eigenvalue weighted by molar-refractivity contribution is 14.1. The van der Waals surface area contributed by atoms with Crippen LogP contribution < -0.4 is 11.1 Å². The molecule has 0 aliphatic carbocycles. The Balaban J connectivity index is 2.31. The van der Waals surface area contributed by atoms with E-state index in [1.165, 1.54) is 12.1 Å². The minimum absolute atomic E-state index is 0.0420. The van der Waals surface area contributed by atoms with Gasteiger partial charge in [-0.05, 0) is 74.9 Å². The Bertz CT molecular complexity index is 734. The summed E-state index contributed by atoms with van der Waals surface area (Å²) in [6, 6.07) is 9.56. The van der Waals surface area contributed by atoms with E-state index in [2.05, 4.69) is 21.2 Å². The van der Waals surface area contributed by atoms with Crippen LogP contribution >= 0.6 is 38.5 Å². The first-order valence-electron chi connectivity index (χ1n) is 5.77. The number of hydrogen-bond acceptors (Lipinski definition) is 3. The van der Waals surface area contributed by atoms with Gasteiger partial charge in [0.15, 0.2) is 0 Å². The molecule has 21 heavy (non-hydrogen) atoms. The molecule has 2 rings (SSSR count). The Morgan fingerprint density at radius 2 is 1.90 bits per heavy atom. The monoisotopic (exact) mass is 460 g/mol.